The lowest BCUT2D eigenvalue weighted by Crippen LogP contribution is -2.21. The van der Waals surface area contributed by atoms with Crippen LogP contribution in [-0.2, 0) is 4.79 Å². The van der Waals surface area contributed by atoms with Gasteiger partial charge in [-0.15, -0.1) is 17.5 Å². The van der Waals surface area contributed by atoms with Crippen molar-refractivity contribution in [1.29, 1.82) is 0 Å². The number of hydrogen-bond acceptors (Lipinski definition) is 2. The van der Waals surface area contributed by atoms with Gasteiger partial charge in [0.15, 0.2) is 0 Å². The van der Waals surface area contributed by atoms with Crippen molar-refractivity contribution in [3.05, 3.63) is 18.4 Å². The van der Waals surface area contributed by atoms with Crippen LogP contribution in [0.4, 0.5) is 0 Å². The van der Waals surface area contributed by atoms with Crippen LogP contribution in [-0.4, -0.2) is 16.8 Å². The highest BCUT2D eigenvalue weighted by molar-refractivity contribution is 8.01. The van der Waals surface area contributed by atoms with Gasteiger partial charge in [0, 0.05) is 0 Å². The van der Waals surface area contributed by atoms with Gasteiger partial charge in [-0.1, -0.05) is 6.58 Å². The first-order valence-electron chi connectivity index (χ1n) is 3.77. The number of thioether (sulfide) groups is 1. The van der Waals surface area contributed by atoms with Gasteiger partial charge in [-0.3, -0.25) is 0 Å². The summed E-state index contributed by atoms with van der Waals surface area (Å²) >= 11 is 1.76. The van der Waals surface area contributed by atoms with E-state index in [0.717, 1.165) is 31.3 Å². The highest BCUT2D eigenvalue weighted by atomic mass is 32.2. The molecule has 1 heterocycles. The fourth-order valence-electron chi connectivity index (χ4n) is 1.27. The first-order valence-corrected chi connectivity index (χ1v) is 4.76. The highest BCUT2D eigenvalue weighted by Gasteiger charge is 2.32. The van der Waals surface area contributed by atoms with Gasteiger partial charge in [-0.25, -0.2) is 0 Å². The first-order chi connectivity index (χ1) is 5.33. The monoisotopic (exact) mass is 168 g/mol. The lowest BCUT2D eigenvalue weighted by atomic mass is 10.0. The van der Waals surface area contributed by atoms with E-state index in [4.69, 9.17) is 0 Å². The van der Waals surface area contributed by atoms with Gasteiger partial charge in [0.05, 0.1) is 4.75 Å². The minimum atomic E-state index is -0.134. The van der Waals surface area contributed by atoms with Crippen LogP contribution in [0.3, 0.4) is 0 Å². The molecule has 1 nitrogen and oxygen atoms in total. The maximum atomic E-state index is 10.7. The van der Waals surface area contributed by atoms with Crippen LogP contribution in [0.2, 0.25) is 0 Å². The van der Waals surface area contributed by atoms with Gasteiger partial charge < -0.3 is 4.79 Å². The summed E-state index contributed by atoms with van der Waals surface area (Å²) in [6, 6.07) is 0. The SMILES string of the molecule is C=C=CC[C@@]1(C=O)CCCS1. The van der Waals surface area contributed by atoms with E-state index in [1.807, 2.05) is 6.08 Å². The summed E-state index contributed by atoms with van der Waals surface area (Å²) in [5.41, 5.74) is 2.71. The molecule has 0 radical (unpaired) electrons. The molecule has 1 atom stereocenters. The van der Waals surface area contributed by atoms with Gasteiger partial charge >= 0.3 is 0 Å². The molecule has 11 heavy (non-hydrogen) atoms. The Morgan fingerprint density at radius 1 is 1.73 bits per heavy atom. The van der Waals surface area contributed by atoms with Crippen molar-refractivity contribution < 1.29 is 4.79 Å². The van der Waals surface area contributed by atoms with Crippen molar-refractivity contribution in [2.24, 2.45) is 0 Å². The van der Waals surface area contributed by atoms with Crippen molar-refractivity contribution in [2.45, 2.75) is 24.0 Å². The zero-order valence-corrected chi connectivity index (χ0v) is 7.32. The van der Waals surface area contributed by atoms with Crippen LogP contribution < -0.4 is 0 Å². The predicted molar refractivity (Wildman–Crippen MR) is 48.8 cm³/mol. The molecule has 1 fully saturated rings. The second kappa shape index (κ2) is 3.80. The fraction of sp³-hybridized carbons (Fsp3) is 0.556. The van der Waals surface area contributed by atoms with Crippen LogP contribution in [0.15, 0.2) is 18.4 Å². The second-order valence-corrected chi connectivity index (χ2v) is 4.26. The Morgan fingerprint density at radius 2 is 2.55 bits per heavy atom. The predicted octanol–water partition coefficient (Wildman–Crippen LogP) is 2.18. The molecule has 60 valence electrons. The van der Waals surface area contributed by atoms with E-state index in [1.54, 1.807) is 11.8 Å². The zero-order valence-electron chi connectivity index (χ0n) is 6.51. The molecule has 1 aliphatic heterocycles. The topological polar surface area (TPSA) is 17.1 Å². The number of carbonyl (C=O) groups excluding carboxylic acids is 1. The van der Waals surface area contributed by atoms with Crippen molar-refractivity contribution in [3.8, 4) is 0 Å². The smallest absolute Gasteiger partial charge is 0.136 e. The third-order valence-corrected chi connectivity index (χ3v) is 3.48. The fourth-order valence-corrected chi connectivity index (χ4v) is 2.52. The van der Waals surface area contributed by atoms with E-state index in [1.165, 1.54) is 0 Å². The maximum Gasteiger partial charge on any atom is 0.136 e. The number of allylic oxidation sites excluding steroid dienone is 1. The number of hydrogen-bond donors (Lipinski definition) is 0. The van der Waals surface area contributed by atoms with Crippen LogP contribution >= 0.6 is 11.8 Å². The largest absolute Gasteiger partial charge is 0.302 e. The van der Waals surface area contributed by atoms with Gasteiger partial charge in [-0.05, 0) is 31.1 Å². The average Bonchev–Trinajstić information content (AvgIpc) is 2.50. The summed E-state index contributed by atoms with van der Waals surface area (Å²) in [5, 5.41) is 0. The molecule has 0 aromatic heterocycles. The minimum Gasteiger partial charge on any atom is -0.302 e. The Balaban J connectivity index is 2.58. The average molecular weight is 168 g/mol. The standard InChI is InChI=1S/C9H12OS/c1-2-3-5-9(8-10)6-4-7-11-9/h3,8H,1,4-7H2/t9-/m0/s1. The van der Waals surface area contributed by atoms with Gasteiger partial charge in [0.1, 0.15) is 6.29 Å². The van der Waals surface area contributed by atoms with E-state index in [-0.39, 0.29) is 4.75 Å². The van der Waals surface area contributed by atoms with Crippen molar-refractivity contribution in [3.63, 3.8) is 0 Å². The molecule has 0 amide bonds. The molecule has 1 aliphatic rings. The normalized spacial score (nSPS) is 29.5. The summed E-state index contributed by atoms with van der Waals surface area (Å²) in [6.07, 6.45) is 5.91. The zero-order chi connectivity index (χ0) is 8.16. The summed E-state index contributed by atoms with van der Waals surface area (Å²) in [7, 11) is 0. The van der Waals surface area contributed by atoms with Crippen molar-refractivity contribution in [1.82, 2.24) is 0 Å². The summed E-state index contributed by atoms with van der Waals surface area (Å²) in [4.78, 5) is 10.7. The van der Waals surface area contributed by atoms with Crippen molar-refractivity contribution >= 4 is 18.0 Å². The molecule has 0 spiro atoms. The Bertz CT molecular complexity index is 186. The summed E-state index contributed by atoms with van der Waals surface area (Å²) in [6.45, 7) is 3.48. The molecule has 2 heteroatoms. The lowest BCUT2D eigenvalue weighted by Gasteiger charge is -2.17. The molecule has 0 aromatic rings. The molecule has 1 saturated heterocycles. The Hall–Kier alpha value is -0.460. The third kappa shape index (κ3) is 1.98. The molecule has 1 rings (SSSR count). The Kier molecular flexibility index (Phi) is 2.98. The minimum absolute atomic E-state index is 0.134. The van der Waals surface area contributed by atoms with Gasteiger partial charge in [-0.2, -0.15) is 0 Å². The van der Waals surface area contributed by atoms with E-state index < -0.39 is 0 Å². The van der Waals surface area contributed by atoms with Crippen molar-refractivity contribution in [2.75, 3.05) is 5.75 Å². The number of carbonyl (C=O) groups is 1. The Labute approximate surface area is 71.6 Å². The van der Waals surface area contributed by atoms with Crippen LogP contribution in [0.5, 0.6) is 0 Å². The lowest BCUT2D eigenvalue weighted by molar-refractivity contribution is -0.109. The van der Waals surface area contributed by atoms with E-state index >= 15 is 0 Å². The van der Waals surface area contributed by atoms with Gasteiger partial charge in [0.2, 0.25) is 0 Å². The number of rotatable bonds is 3. The van der Waals surface area contributed by atoms with Crippen LogP contribution in [0.1, 0.15) is 19.3 Å². The molecule has 0 N–H and O–H groups in total. The highest BCUT2D eigenvalue weighted by Crippen LogP contribution is 2.39. The maximum absolute atomic E-state index is 10.7. The van der Waals surface area contributed by atoms with E-state index in [2.05, 4.69) is 12.3 Å². The van der Waals surface area contributed by atoms with Crippen LogP contribution in [0, 0.1) is 0 Å². The molecule has 0 bridgehead atoms. The van der Waals surface area contributed by atoms with E-state index in [9.17, 15) is 4.79 Å². The van der Waals surface area contributed by atoms with Gasteiger partial charge in [0.25, 0.3) is 0 Å². The second-order valence-electron chi connectivity index (χ2n) is 2.75. The molecule has 0 unspecified atom stereocenters. The first kappa shape index (κ1) is 8.63. The molecular formula is C9H12OS. The molecule has 0 aliphatic carbocycles. The number of aldehydes is 1. The molecular weight excluding hydrogens is 156 g/mol. The van der Waals surface area contributed by atoms with E-state index in [0.29, 0.717) is 0 Å². The van der Waals surface area contributed by atoms with Crippen LogP contribution in [0.25, 0.3) is 0 Å². The quantitative estimate of drug-likeness (QED) is 0.474. The molecule has 0 aromatic carbocycles. The third-order valence-electron chi connectivity index (χ3n) is 1.94. The molecule has 0 saturated carbocycles. The summed E-state index contributed by atoms with van der Waals surface area (Å²) < 4.78 is -0.134. The summed E-state index contributed by atoms with van der Waals surface area (Å²) in [5.74, 6) is 1.11. The Morgan fingerprint density at radius 3 is 3.00 bits per heavy atom.